The maximum absolute atomic E-state index is 13.1. The van der Waals surface area contributed by atoms with Crippen molar-refractivity contribution in [1.82, 2.24) is 30.1 Å². The van der Waals surface area contributed by atoms with Gasteiger partial charge in [-0.25, -0.2) is 0 Å². The number of fused-ring (bicyclic) bond motifs is 3. The Balaban J connectivity index is 1.33. The lowest BCUT2D eigenvalue weighted by Crippen LogP contribution is -2.59. The standard InChI is InChI=1S/C19H30N6O3/c1-20-9-15-10-25(22-21-15)11-16-8-14-4-7-24(16)12-17(14)18(26)23-5-2-13(3-6-23)19(27)28/h10,13-14,16-17,20H,2-9,11-12H2,1H3,(H,27,28)/t14-,16+,17-/m0/s1. The molecule has 4 fully saturated rings. The summed E-state index contributed by atoms with van der Waals surface area (Å²) in [5.41, 5.74) is 0.941. The van der Waals surface area contributed by atoms with Gasteiger partial charge in [-0.3, -0.25) is 19.2 Å². The molecule has 5 heterocycles. The third-order valence-corrected chi connectivity index (χ3v) is 6.69. The summed E-state index contributed by atoms with van der Waals surface area (Å²) in [4.78, 5) is 28.6. The van der Waals surface area contributed by atoms with Gasteiger partial charge in [-0.15, -0.1) is 5.10 Å². The van der Waals surface area contributed by atoms with Crippen LogP contribution in [-0.4, -0.2) is 81.0 Å². The molecule has 2 N–H and O–H groups in total. The highest BCUT2D eigenvalue weighted by atomic mass is 16.4. The van der Waals surface area contributed by atoms with Crippen LogP contribution in [0.5, 0.6) is 0 Å². The first-order chi connectivity index (χ1) is 13.5. The van der Waals surface area contributed by atoms with E-state index in [0.29, 0.717) is 44.4 Å². The van der Waals surface area contributed by atoms with Gasteiger partial charge < -0.3 is 15.3 Å². The van der Waals surface area contributed by atoms with E-state index in [1.165, 1.54) is 0 Å². The summed E-state index contributed by atoms with van der Waals surface area (Å²) in [6.45, 7) is 4.54. The smallest absolute Gasteiger partial charge is 0.306 e. The van der Waals surface area contributed by atoms with Crippen molar-refractivity contribution in [2.75, 3.05) is 33.2 Å². The molecule has 0 spiro atoms. The maximum atomic E-state index is 13.1. The normalized spacial score (nSPS) is 30.5. The number of rotatable bonds is 6. The second-order valence-electron chi connectivity index (χ2n) is 8.44. The molecule has 4 atom stereocenters. The topological polar surface area (TPSA) is 104 Å². The van der Waals surface area contributed by atoms with E-state index in [9.17, 15) is 9.59 Å². The molecular formula is C19H30N6O3. The van der Waals surface area contributed by atoms with Crippen LogP contribution in [0.4, 0.5) is 0 Å². The van der Waals surface area contributed by atoms with Gasteiger partial charge >= 0.3 is 5.97 Å². The van der Waals surface area contributed by atoms with Gasteiger partial charge in [0.05, 0.1) is 24.1 Å². The van der Waals surface area contributed by atoms with E-state index < -0.39 is 5.97 Å². The zero-order chi connectivity index (χ0) is 19.7. The van der Waals surface area contributed by atoms with Crippen LogP contribution in [0.2, 0.25) is 0 Å². The molecule has 1 aromatic rings. The fourth-order valence-electron chi connectivity index (χ4n) is 5.10. The van der Waals surface area contributed by atoms with Crippen LogP contribution in [0.3, 0.4) is 0 Å². The van der Waals surface area contributed by atoms with Gasteiger partial charge in [-0.1, -0.05) is 5.21 Å². The molecule has 9 nitrogen and oxygen atoms in total. The number of carbonyl (C=O) groups is 2. The maximum Gasteiger partial charge on any atom is 0.306 e. The average Bonchev–Trinajstić information content (AvgIpc) is 3.15. The summed E-state index contributed by atoms with van der Waals surface area (Å²) >= 11 is 0. The van der Waals surface area contributed by atoms with E-state index >= 15 is 0 Å². The molecule has 154 valence electrons. The molecule has 1 aromatic heterocycles. The van der Waals surface area contributed by atoms with E-state index in [1.807, 2.05) is 22.8 Å². The number of likely N-dealkylation sites (tertiary alicyclic amines) is 1. The fourth-order valence-corrected chi connectivity index (χ4v) is 5.10. The Kier molecular flexibility index (Phi) is 5.63. The number of carbonyl (C=O) groups excluding carboxylic acids is 1. The van der Waals surface area contributed by atoms with Crippen molar-refractivity contribution >= 4 is 11.9 Å². The first kappa shape index (κ1) is 19.3. The van der Waals surface area contributed by atoms with Crippen LogP contribution in [0.25, 0.3) is 0 Å². The lowest BCUT2D eigenvalue weighted by atomic mass is 9.74. The minimum atomic E-state index is -0.733. The Labute approximate surface area is 165 Å². The van der Waals surface area contributed by atoms with Gasteiger partial charge in [-0.05, 0) is 45.2 Å². The van der Waals surface area contributed by atoms with Gasteiger partial charge in [-0.2, -0.15) is 0 Å². The van der Waals surface area contributed by atoms with Crippen molar-refractivity contribution in [2.45, 2.75) is 44.8 Å². The molecule has 28 heavy (non-hydrogen) atoms. The number of nitrogens with zero attached hydrogens (tertiary/aromatic N) is 5. The van der Waals surface area contributed by atoms with E-state index in [4.69, 9.17) is 5.11 Å². The van der Waals surface area contributed by atoms with Crippen molar-refractivity contribution < 1.29 is 14.7 Å². The third-order valence-electron chi connectivity index (χ3n) is 6.69. The molecule has 5 rings (SSSR count). The molecule has 0 saturated carbocycles. The third kappa shape index (κ3) is 3.91. The van der Waals surface area contributed by atoms with Crippen molar-refractivity contribution in [1.29, 1.82) is 0 Å². The van der Waals surface area contributed by atoms with Crippen LogP contribution in [0, 0.1) is 17.8 Å². The summed E-state index contributed by atoms with van der Waals surface area (Å²) < 4.78 is 1.92. The molecule has 1 unspecified atom stereocenters. The number of carboxylic acid groups (broad SMARTS) is 1. The Morgan fingerprint density at radius 3 is 2.68 bits per heavy atom. The van der Waals surface area contributed by atoms with Crippen LogP contribution >= 0.6 is 0 Å². The van der Waals surface area contributed by atoms with Crippen molar-refractivity contribution in [2.24, 2.45) is 17.8 Å². The monoisotopic (exact) mass is 390 g/mol. The van der Waals surface area contributed by atoms with Crippen molar-refractivity contribution in [3.8, 4) is 0 Å². The van der Waals surface area contributed by atoms with Gasteiger partial charge in [0, 0.05) is 38.4 Å². The summed E-state index contributed by atoms with van der Waals surface area (Å²) in [6, 6.07) is 0.407. The molecule has 9 heteroatoms. The molecule has 0 aliphatic carbocycles. The van der Waals surface area contributed by atoms with E-state index in [0.717, 1.165) is 38.2 Å². The Morgan fingerprint density at radius 2 is 2.04 bits per heavy atom. The zero-order valence-corrected chi connectivity index (χ0v) is 16.5. The van der Waals surface area contributed by atoms with Crippen LogP contribution < -0.4 is 5.32 Å². The van der Waals surface area contributed by atoms with Gasteiger partial charge in [0.15, 0.2) is 0 Å². The minimum absolute atomic E-state index is 0.0574. The molecule has 4 aliphatic rings. The second-order valence-corrected chi connectivity index (χ2v) is 8.44. The molecule has 1 amide bonds. The Hall–Kier alpha value is -2.00. The molecule has 0 aromatic carbocycles. The molecular weight excluding hydrogens is 360 g/mol. The van der Waals surface area contributed by atoms with E-state index in [1.54, 1.807) is 0 Å². The van der Waals surface area contributed by atoms with Crippen molar-refractivity contribution in [3.05, 3.63) is 11.9 Å². The number of aromatic nitrogens is 3. The molecule has 0 radical (unpaired) electrons. The van der Waals surface area contributed by atoms with E-state index in [-0.39, 0.29) is 17.7 Å². The molecule has 4 aliphatic heterocycles. The number of piperidine rings is 4. The highest BCUT2D eigenvalue weighted by Gasteiger charge is 2.45. The van der Waals surface area contributed by atoms with Crippen LogP contribution in [-0.2, 0) is 22.7 Å². The molecule has 2 bridgehead atoms. The zero-order valence-electron chi connectivity index (χ0n) is 16.5. The number of carboxylic acids is 1. The quantitative estimate of drug-likeness (QED) is 0.706. The average molecular weight is 390 g/mol. The highest BCUT2D eigenvalue weighted by molar-refractivity contribution is 5.80. The van der Waals surface area contributed by atoms with Gasteiger partial charge in [0.2, 0.25) is 5.91 Å². The number of aliphatic carboxylic acids is 1. The number of hydrogen-bond acceptors (Lipinski definition) is 6. The lowest BCUT2D eigenvalue weighted by molar-refractivity contribution is -0.150. The number of nitrogens with one attached hydrogen (secondary N) is 1. The first-order valence-electron chi connectivity index (χ1n) is 10.3. The number of amides is 1. The SMILES string of the molecule is CNCc1cn(C[C@H]2C[C@@H]3CCN2C[C@@H]3C(=O)N2CCC(C(=O)O)CC2)nn1. The lowest BCUT2D eigenvalue weighted by Gasteiger charge is -2.50. The Bertz CT molecular complexity index is 714. The van der Waals surface area contributed by atoms with Crippen LogP contribution in [0.1, 0.15) is 31.4 Å². The van der Waals surface area contributed by atoms with Crippen molar-refractivity contribution in [3.63, 3.8) is 0 Å². The highest BCUT2D eigenvalue weighted by Crippen LogP contribution is 2.38. The summed E-state index contributed by atoms with van der Waals surface area (Å²) in [5, 5.41) is 20.7. The number of hydrogen-bond donors (Lipinski definition) is 2. The van der Waals surface area contributed by atoms with Gasteiger partial charge in [0.1, 0.15) is 0 Å². The van der Waals surface area contributed by atoms with Crippen LogP contribution in [0.15, 0.2) is 6.20 Å². The molecule has 4 saturated heterocycles. The fraction of sp³-hybridized carbons (Fsp3) is 0.789. The minimum Gasteiger partial charge on any atom is -0.481 e. The first-order valence-corrected chi connectivity index (χ1v) is 10.3. The largest absolute Gasteiger partial charge is 0.481 e. The van der Waals surface area contributed by atoms with Gasteiger partial charge in [0.25, 0.3) is 0 Å². The predicted molar refractivity (Wildman–Crippen MR) is 101 cm³/mol. The predicted octanol–water partition coefficient (Wildman–Crippen LogP) is 0.0311. The second kappa shape index (κ2) is 8.16. The summed E-state index contributed by atoms with van der Waals surface area (Å²) in [6.07, 6.45) is 5.23. The summed E-state index contributed by atoms with van der Waals surface area (Å²) in [7, 11) is 1.89. The Morgan fingerprint density at radius 1 is 1.25 bits per heavy atom. The van der Waals surface area contributed by atoms with E-state index in [2.05, 4.69) is 20.5 Å². The summed E-state index contributed by atoms with van der Waals surface area (Å²) in [5.74, 6) is -0.324.